The molecule has 0 heterocycles. The molecule has 0 fully saturated rings. The summed E-state index contributed by atoms with van der Waals surface area (Å²) in [5, 5.41) is 0. The summed E-state index contributed by atoms with van der Waals surface area (Å²) in [7, 11) is 0. The van der Waals surface area contributed by atoms with E-state index in [1.54, 1.807) is 0 Å². The lowest BCUT2D eigenvalue weighted by Crippen LogP contribution is -2.20. The van der Waals surface area contributed by atoms with E-state index in [0.717, 1.165) is 6.07 Å². The maximum Gasteiger partial charge on any atom is 0.320 e. The van der Waals surface area contributed by atoms with Gasteiger partial charge in [0.15, 0.2) is 11.6 Å². The molecule has 0 radical (unpaired) electrons. The molecule has 0 unspecified atom stereocenters. The number of rotatable bonds is 2. The number of carbonyl (C=O) groups is 1. The van der Waals surface area contributed by atoms with Gasteiger partial charge in [0.05, 0.1) is 0 Å². The molecule has 14 heavy (non-hydrogen) atoms. The van der Waals surface area contributed by atoms with Crippen LogP contribution >= 0.6 is 23.2 Å². The summed E-state index contributed by atoms with van der Waals surface area (Å²) in [4.78, 5) is 11.0. The van der Waals surface area contributed by atoms with Gasteiger partial charge in [-0.1, -0.05) is 23.2 Å². The fraction of sp³-hybridized carbons (Fsp3) is 0.125. The Balaban J connectivity index is 3.10. The third kappa shape index (κ3) is 2.39. The molecule has 1 rings (SSSR count). The molecule has 0 aliphatic carbocycles. The second-order valence-electron chi connectivity index (χ2n) is 2.46. The Labute approximate surface area is 87.4 Å². The van der Waals surface area contributed by atoms with Gasteiger partial charge in [-0.15, -0.1) is 0 Å². The number of carbonyl (C=O) groups excluding carboxylic acids is 1. The van der Waals surface area contributed by atoms with Crippen LogP contribution in [0.2, 0.25) is 0 Å². The number of Topliss-reactive ketones (excluding diaryl/α,β-unsaturated/α-hetero) is 1. The molecule has 0 spiro atoms. The van der Waals surface area contributed by atoms with Gasteiger partial charge in [0.1, 0.15) is 0 Å². The fourth-order valence-corrected chi connectivity index (χ4v) is 1.02. The molecular formula is C8H3Cl2F3O. The second-order valence-corrected chi connectivity index (χ2v) is 3.69. The van der Waals surface area contributed by atoms with E-state index in [9.17, 15) is 18.0 Å². The van der Waals surface area contributed by atoms with Gasteiger partial charge in [-0.25, -0.2) is 8.78 Å². The molecule has 0 N–H and O–H groups in total. The normalized spacial score (nSPS) is 11.5. The predicted molar refractivity (Wildman–Crippen MR) is 46.2 cm³/mol. The molecule has 1 aromatic rings. The third-order valence-corrected chi connectivity index (χ3v) is 1.78. The van der Waals surface area contributed by atoms with Gasteiger partial charge in [0, 0.05) is 5.56 Å². The molecule has 6 heteroatoms. The lowest BCUT2D eigenvalue weighted by molar-refractivity contribution is 0.0905. The number of hydrogen-bond donors (Lipinski definition) is 0. The first-order chi connectivity index (χ1) is 6.32. The Morgan fingerprint density at radius 1 is 1.21 bits per heavy atom. The van der Waals surface area contributed by atoms with Gasteiger partial charge in [-0.3, -0.25) is 4.79 Å². The average molecular weight is 243 g/mol. The minimum absolute atomic E-state index is 0.434. The minimum atomic E-state index is -3.13. The van der Waals surface area contributed by atoms with Crippen LogP contribution in [0.25, 0.3) is 0 Å². The van der Waals surface area contributed by atoms with Crippen molar-refractivity contribution >= 4 is 29.0 Å². The van der Waals surface area contributed by atoms with Crippen molar-refractivity contribution in [2.75, 3.05) is 0 Å². The van der Waals surface area contributed by atoms with Gasteiger partial charge < -0.3 is 0 Å². The molecule has 0 aliphatic rings. The van der Waals surface area contributed by atoms with E-state index in [2.05, 4.69) is 0 Å². The number of ketones is 1. The number of alkyl halides is 3. The van der Waals surface area contributed by atoms with Crippen molar-refractivity contribution < 1.29 is 18.0 Å². The highest BCUT2D eigenvalue weighted by Gasteiger charge is 2.34. The first-order valence-corrected chi connectivity index (χ1v) is 4.14. The topological polar surface area (TPSA) is 17.1 Å². The van der Waals surface area contributed by atoms with Crippen molar-refractivity contribution in [2.24, 2.45) is 0 Å². The van der Waals surface area contributed by atoms with Crippen molar-refractivity contribution in [2.45, 2.75) is 4.59 Å². The maximum absolute atomic E-state index is 12.7. The highest BCUT2D eigenvalue weighted by Crippen LogP contribution is 2.27. The molecule has 1 aromatic carbocycles. The smallest absolute Gasteiger partial charge is 0.288 e. The van der Waals surface area contributed by atoms with Crippen LogP contribution in [0, 0.1) is 11.6 Å². The van der Waals surface area contributed by atoms with Crippen LogP contribution in [0.5, 0.6) is 0 Å². The summed E-state index contributed by atoms with van der Waals surface area (Å²) in [6.07, 6.45) is 0. The van der Waals surface area contributed by atoms with Crippen molar-refractivity contribution in [1.82, 2.24) is 0 Å². The van der Waals surface area contributed by atoms with E-state index < -0.39 is 27.6 Å². The highest BCUT2D eigenvalue weighted by molar-refractivity contribution is 6.58. The lowest BCUT2D eigenvalue weighted by atomic mass is 10.1. The van der Waals surface area contributed by atoms with Gasteiger partial charge >= 0.3 is 4.59 Å². The zero-order valence-corrected chi connectivity index (χ0v) is 8.04. The Kier molecular flexibility index (Phi) is 3.07. The highest BCUT2D eigenvalue weighted by atomic mass is 35.5. The van der Waals surface area contributed by atoms with Crippen molar-refractivity contribution in [1.29, 1.82) is 0 Å². The molecule has 1 nitrogen and oxygen atoms in total. The molecule has 76 valence electrons. The number of halogens is 5. The Morgan fingerprint density at radius 2 is 1.79 bits per heavy atom. The standard InChI is InChI=1S/C8H3Cl2F3O/c9-8(10,13)7(14)4-1-2-5(11)6(12)3-4/h1-3H. The summed E-state index contributed by atoms with van der Waals surface area (Å²) in [5.74, 6) is -3.75. The SMILES string of the molecule is O=C(c1ccc(F)c(F)c1)C(F)(Cl)Cl. The molecule has 0 saturated carbocycles. The molecular weight excluding hydrogens is 240 g/mol. The van der Waals surface area contributed by atoms with Crippen LogP contribution in [0.1, 0.15) is 10.4 Å². The monoisotopic (exact) mass is 242 g/mol. The molecule has 0 aromatic heterocycles. The summed E-state index contributed by atoms with van der Waals surface area (Å²) in [6.45, 7) is 0. The van der Waals surface area contributed by atoms with Crippen molar-refractivity contribution in [3.8, 4) is 0 Å². The lowest BCUT2D eigenvalue weighted by Gasteiger charge is -2.07. The van der Waals surface area contributed by atoms with Crippen LogP contribution in [-0.2, 0) is 0 Å². The predicted octanol–water partition coefficient (Wildman–Crippen LogP) is 3.25. The largest absolute Gasteiger partial charge is 0.320 e. The van der Waals surface area contributed by atoms with Gasteiger partial charge in [-0.05, 0) is 18.2 Å². The molecule has 0 bridgehead atoms. The molecule has 0 saturated heterocycles. The Morgan fingerprint density at radius 3 is 2.21 bits per heavy atom. The first-order valence-electron chi connectivity index (χ1n) is 3.39. The van der Waals surface area contributed by atoms with Crippen molar-refractivity contribution in [3.63, 3.8) is 0 Å². The summed E-state index contributed by atoms with van der Waals surface area (Å²) in [5.41, 5.74) is -0.434. The Hall–Kier alpha value is -0.740. The average Bonchev–Trinajstić information content (AvgIpc) is 2.07. The van der Waals surface area contributed by atoms with E-state index in [-0.39, 0.29) is 0 Å². The molecule has 0 amide bonds. The van der Waals surface area contributed by atoms with Crippen LogP contribution in [0.3, 0.4) is 0 Å². The van der Waals surface area contributed by atoms with Gasteiger partial charge in [0.25, 0.3) is 0 Å². The molecule has 0 atom stereocenters. The van der Waals surface area contributed by atoms with Gasteiger partial charge in [0.2, 0.25) is 5.78 Å². The van der Waals surface area contributed by atoms with E-state index in [1.807, 2.05) is 0 Å². The minimum Gasteiger partial charge on any atom is -0.288 e. The molecule has 0 aliphatic heterocycles. The number of benzene rings is 1. The maximum atomic E-state index is 12.7. The van der Waals surface area contributed by atoms with E-state index >= 15 is 0 Å². The van der Waals surface area contributed by atoms with Gasteiger partial charge in [-0.2, -0.15) is 4.39 Å². The zero-order valence-electron chi connectivity index (χ0n) is 6.53. The quantitative estimate of drug-likeness (QED) is 0.575. The van der Waals surface area contributed by atoms with Crippen molar-refractivity contribution in [3.05, 3.63) is 35.4 Å². The second kappa shape index (κ2) is 3.79. The Bertz CT molecular complexity index is 373. The van der Waals surface area contributed by atoms with Crippen LogP contribution < -0.4 is 0 Å². The van der Waals surface area contributed by atoms with E-state index in [0.29, 0.717) is 12.1 Å². The fourth-order valence-electron chi connectivity index (χ4n) is 0.801. The van der Waals surface area contributed by atoms with Crippen LogP contribution in [-0.4, -0.2) is 10.4 Å². The summed E-state index contributed by atoms with van der Waals surface area (Å²) in [6, 6.07) is 2.10. The van der Waals surface area contributed by atoms with Crippen LogP contribution in [0.15, 0.2) is 18.2 Å². The summed E-state index contributed by atoms with van der Waals surface area (Å²) >= 11 is 9.69. The third-order valence-electron chi connectivity index (χ3n) is 1.44. The van der Waals surface area contributed by atoms with E-state index in [4.69, 9.17) is 23.2 Å². The summed E-state index contributed by atoms with van der Waals surface area (Å²) < 4.78 is 34.5. The first kappa shape index (κ1) is 11.3. The number of hydrogen-bond acceptors (Lipinski definition) is 1. The zero-order chi connectivity index (χ0) is 10.9. The van der Waals surface area contributed by atoms with Crippen LogP contribution in [0.4, 0.5) is 13.2 Å². The van der Waals surface area contributed by atoms with E-state index in [1.165, 1.54) is 0 Å².